The maximum absolute atomic E-state index is 11.3. The van der Waals surface area contributed by atoms with Gasteiger partial charge < -0.3 is 26.8 Å². The number of halogens is 2. The van der Waals surface area contributed by atoms with Gasteiger partial charge in [-0.05, 0) is 55.6 Å². The van der Waals surface area contributed by atoms with Crippen LogP contribution in [-0.2, 0) is 17.9 Å². The molecule has 3 aromatic rings. The molecule has 1 aliphatic heterocycles. The summed E-state index contributed by atoms with van der Waals surface area (Å²) < 4.78 is 0. The number of hydrogen-bond donors (Lipinski definition) is 5. The number of carboxylic acids is 1. The van der Waals surface area contributed by atoms with E-state index in [-0.39, 0.29) is 11.9 Å². The van der Waals surface area contributed by atoms with Crippen LogP contribution in [0.4, 0.5) is 11.6 Å². The van der Waals surface area contributed by atoms with Crippen LogP contribution in [0.5, 0.6) is 0 Å². The number of aromatic nitrogens is 2. The second kappa shape index (κ2) is 11.2. The number of nitrogen functional groups attached to an aromatic ring is 1. The van der Waals surface area contributed by atoms with Crippen molar-refractivity contribution in [1.29, 1.82) is 0 Å². The third-order valence-electron chi connectivity index (χ3n) is 6.22. The lowest BCUT2D eigenvalue weighted by atomic mass is 9.98. The topological polar surface area (TPSA) is 125 Å². The van der Waals surface area contributed by atoms with Gasteiger partial charge in [-0.2, -0.15) is 0 Å². The van der Waals surface area contributed by atoms with Gasteiger partial charge in [0, 0.05) is 40.3 Å². The molecule has 0 spiro atoms. The van der Waals surface area contributed by atoms with Gasteiger partial charge in [0.25, 0.3) is 0 Å². The van der Waals surface area contributed by atoms with Gasteiger partial charge in [-0.1, -0.05) is 41.4 Å². The van der Waals surface area contributed by atoms with E-state index in [1.807, 2.05) is 13.0 Å². The molecule has 0 amide bonds. The van der Waals surface area contributed by atoms with E-state index in [2.05, 4.69) is 38.1 Å². The van der Waals surface area contributed by atoms with E-state index >= 15 is 0 Å². The Bertz CT molecular complexity index is 1200. The first-order valence-corrected chi connectivity index (χ1v) is 12.2. The highest BCUT2D eigenvalue weighted by Gasteiger charge is 2.26. The number of nitrogens with zero attached hydrogens (tertiary/aromatic N) is 2. The predicted octanol–water partition coefficient (Wildman–Crippen LogP) is 4.25. The first-order valence-electron chi connectivity index (χ1n) is 11.4. The number of aliphatic carboxylic acids is 1. The molecule has 1 unspecified atom stereocenters. The van der Waals surface area contributed by atoms with Crippen LogP contribution in [0.2, 0.25) is 10.0 Å². The van der Waals surface area contributed by atoms with E-state index < -0.39 is 12.0 Å². The summed E-state index contributed by atoms with van der Waals surface area (Å²) in [6, 6.07) is 11.2. The quantitative estimate of drug-likeness (QED) is 0.302. The van der Waals surface area contributed by atoms with Gasteiger partial charge in [0.15, 0.2) is 11.6 Å². The van der Waals surface area contributed by atoms with Gasteiger partial charge in [-0.3, -0.25) is 4.79 Å². The fourth-order valence-electron chi connectivity index (χ4n) is 4.14. The molecule has 35 heavy (non-hydrogen) atoms. The zero-order valence-electron chi connectivity index (χ0n) is 19.3. The first-order chi connectivity index (χ1) is 16.8. The summed E-state index contributed by atoms with van der Waals surface area (Å²) in [4.78, 5) is 20.2. The Morgan fingerprint density at radius 3 is 2.71 bits per heavy atom. The summed E-state index contributed by atoms with van der Waals surface area (Å²) in [5.74, 6) is -0.0534. The summed E-state index contributed by atoms with van der Waals surface area (Å²) in [5, 5.41) is 20.1. The van der Waals surface area contributed by atoms with E-state index in [9.17, 15) is 9.90 Å². The number of carboxylic acid groups (broad SMARTS) is 1. The lowest BCUT2D eigenvalue weighted by molar-refractivity contribution is -0.140. The number of anilines is 2. The highest BCUT2D eigenvalue weighted by atomic mass is 35.5. The molecule has 1 saturated heterocycles. The smallest absolute Gasteiger partial charge is 0.320 e. The number of nitrogens with two attached hydrogens (primary N) is 1. The third kappa shape index (κ3) is 6.21. The van der Waals surface area contributed by atoms with Gasteiger partial charge in [-0.15, -0.1) is 0 Å². The minimum absolute atomic E-state index is 0.166. The van der Waals surface area contributed by atoms with Crippen LogP contribution in [0.15, 0.2) is 42.6 Å². The number of benzene rings is 2. The summed E-state index contributed by atoms with van der Waals surface area (Å²) >= 11 is 12.5. The Kier molecular flexibility index (Phi) is 8.07. The van der Waals surface area contributed by atoms with Crippen LogP contribution >= 0.6 is 23.2 Å². The fraction of sp³-hybridized carbons (Fsp3) is 0.320. The molecule has 6 N–H and O–H groups in total. The average molecular weight is 515 g/mol. The van der Waals surface area contributed by atoms with Crippen molar-refractivity contribution in [3.8, 4) is 11.3 Å². The Balaban J connectivity index is 1.44. The van der Waals surface area contributed by atoms with Crippen LogP contribution in [0, 0.1) is 6.92 Å². The molecule has 1 aliphatic rings. The number of hydrogen-bond acceptors (Lipinski definition) is 7. The number of carbonyl (C=O) groups is 1. The molecular formula is C25H28Cl2N6O2. The highest BCUT2D eigenvalue weighted by molar-refractivity contribution is 6.36. The maximum atomic E-state index is 11.3. The third-order valence-corrected chi connectivity index (χ3v) is 6.92. The Morgan fingerprint density at radius 2 is 2.00 bits per heavy atom. The molecule has 2 aromatic carbocycles. The lowest BCUT2D eigenvalue weighted by Gasteiger charge is -2.28. The van der Waals surface area contributed by atoms with Crippen molar-refractivity contribution in [2.75, 3.05) is 17.6 Å². The molecule has 184 valence electrons. The molecule has 8 nitrogen and oxygen atoms in total. The molecule has 1 fully saturated rings. The second-order valence-corrected chi connectivity index (χ2v) is 9.45. The molecule has 4 rings (SSSR count). The van der Waals surface area contributed by atoms with Gasteiger partial charge in [0.05, 0.1) is 11.9 Å². The number of nitrogens with one attached hydrogen (secondary N) is 3. The highest BCUT2D eigenvalue weighted by Crippen LogP contribution is 2.27. The summed E-state index contributed by atoms with van der Waals surface area (Å²) in [6.45, 7) is 3.78. The Labute approximate surface area is 214 Å². The molecule has 0 saturated carbocycles. The van der Waals surface area contributed by atoms with Crippen LogP contribution in [-0.4, -0.2) is 39.7 Å². The van der Waals surface area contributed by atoms with Crippen molar-refractivity contribution in [2.24, 2.45) is 0 Å². The molecule has 1 aromatic heterocycles. The van der Waals surface area contributed by atoms with E-state index in [0.29, 0.717) is 47.6 Å². The van der Waals surface area contributed by atoms with E-state index in [1.54, 1.807) is 24.4 Å². The van der Waals surface area contributed by atoms with Crippen LogP contribution < -0.4 is 21.7 Å². The summed E-state index contributed by atoms with van der Waals surface area (Å²) in [5.41, 5.74) is 10.7. The number of rotatable bonds is 8. The summed E-state index contributed by atoms with van der Waals surface area (Å²) in [6.07, 6.45) is 3.12. The normalized spacial score (nSPS) is 17.8. The molecule has 0 radical (unpaired) electrons. The first kappa shape index (κ1) is 25.2. The predicted molar refractivity (Wildman–Crippen MR) is 140 cm³/mol. The zero-order valence-corrected chi connectivity index (χ0v) is 20.8. The monoisotopic (exact) mass is 514 g/mol. The molecule has 10 heteroatoms. The second-order valence-electron chi connectivity index (χ2n) is 8.63. The molecule has 0 bridgehead atoms. The van der Waals surface area contributed by atoms with Gasteiger partial charge in [0.2, 0.25) is 0 Å². The minimum atomic E-state index is -0.800. The molecule has 2 atom stereocenters. The van der Waals surface area contributed by atoms with Crippen molar-refractivity contribution in [3.05, 3.63) is 69.3 Å². The van der Waals surface area contributed by atoms with Crippen LogP contribution in [0.25, 0.3) is 11.3 Å². The lowest BCUT2D eigenvalue weighted by Crippen LogP contribution is -2.49. The molecule has 2 heterocycles. The minimum Gasteiger partial charge on any atom is -0.480 e. The van der Waals surface area contributed by atoms with E-state index in [4.69, 9.17) is 28.9 Å². The van der Waals surface area contributed by atoms with Crippen molar-refractivity contribution >= 4 is 40.8 Å². The SMILES string of the molecule is Cc1cc(-c2cnc(N)c(NCc3c(Cl)cccc3Cl)n2)ccc1CNC1CCN[C@@H](C(=O)O)C1. The van der Waals surface area contributed by atoms with Crippen molar-refractivity contribution < 1.29 is 9.90 Å². The fourth-order valence-corrected chi connectivity index (χ4v) is 4.67. The number of aryl methyl sites for hydroxylation is 1. The standard InChI is InChI=1S/C25H28Cl2N6O2/c1-14-9-15(5-6-16(14)11-30-17-7-8-29-21(10-17)25(34)35)22-13-31-23(28)24(33-22)32-12-18-19(26)3-2-4-20(18)27/h2-6,9,13,17,21,29-30H,7-8,10-12H2,1H3,(H2,28,31)(H,32,33)(H,34,35)/t17?,21-/m1/s1. The van der Waals surface area contributed by atoms with Crippen molar-refractivity contribution in [1.82, 2.24) is 20.6 Å². The Morgan fingerprint density at radius 1 is 1.23 bits per heavy atom. The van der Waals surface area contributed by atoms with Crippen LogP contribution in [0.3, 0.4) is 0 Å². The van der Waals surface area contributed by atoms with Crippen molar-refractivity contribution in [2.45, 2.75) is 44.9 Å². The van der Waals surface area contributed by atoms with Gasteiger partial charge in [0.1, 0.15) is 6.04 Å². The van der Waals surface area contributed by atoms with E-state index in [1.165, 1.54) is 0 Å². The average Bonchev–Trinajstić information content (AvgIpc) is 2.84. The van der Waals surface area contributed by atoms with Crippen molar-refractivity contribution in [3.63, 3.8) is 0 Å². The number of piperidine rings is 1. The Hall–Kier alpha value is -2.91. The van der Waals surface area contributed by atoms with Gasteiger partial charge in [-0.25, -0.2) is 9.97 Å². The largest absolute Gasteiger partial charge is 0.480 e. The maximum Gasteiger partial charge on any atom is 0.320 e. The van der Waals surface area contributed by atoms with Crippen LogP contribution in [0.1, 0.15) is 29.5 Å². The van der Waals surface area contributed by atoms with E-state index in [0.717, 1.165) is 28.7 Å². The zero-order chi connectivity index (χ0) is 24.9. The summed E-state index contributed by atoms with van der Waals surface area (Å²) in [7, 11) is 0. The molecular weight excluding hydrogens is 487 g/mol. The molecule has 0 aliphatic carbocycles. The van der Waals surface area contributed by atoms with Gasteiger partial charge >= 0.3 is 5.97 Å².